The maximum absolute atomic E-state index is 12.5. The van der Waals surface area contributed by atoms with Crippen LogP contribution in [0.3, 0.4) is 0 Å². The Morgan fingerprint density at radius 3 is 2.40 bits per heavy atom. The van der Waals surface area contributed by atoms with Crippen LogP contribution in [0.1, 0.15) is 5.69 Å². The van der Waals surface area contributed by atoms with Gasteiger partial charge in [-0.3, -0.25) is 4.98 Å². The Morgan fingerprint density at radius 1 is 0.933 bits per heavy atom. The van der Waals surface area contributed by atoms with Gasteiger partial charge in [0.25, 0.3) is 0 Å². The van der Waals surface area contributed by atoms with Gasteiger partial charge in [0.15, 0.2) is 14.9 Å². The van der Waals surface area contributed by atoms with Crippen LogP contribution in [0.5, 0.6) is 0 Å². The van der Waals surface area contributed by atoms with Crippen molar-refractivity contribution in [2.45, 2.75) is 15.7 Å². The monoisotopic (exact) mass is 441 g/mol. The van der Waals surface area contributed by atoms with E-state index in [0.717, 1.165) is 16.5 Å². The summed E-state index contributed by atoms with van der Waals surface area (Å²) in [5.41, 5.74) is 2.72. The summed E-state index contributed by atoms with van der Waals surface area (Å²) in [5, 5.41) is 0.851. The molecule has 9 heteroatoms. The van der Waals surface area contributed by atoms with Crippen LogP contribution >= 0.6 is 0 Å². The second-order valence-electron chi connectivity index (χ2n) is 7.15. The molecule has 0 bridgehead atoms. The van der Waals surface area contributed by atoms with Crippen LogP contribution in [0.25, 0.3) is 22.0 Å². The molecule has 0 saturated carbocycles. The molecule has 0 aliphatic carbocycles. The Labute approximate surface area is 174 Å². The molecule has 2 aromatic carbocycles. The van der Waals surface area contributed by atoms with Crippen LogP contribution in [0.4, 0.5) is 0 Å². The Kier molecular flexibility index (Phi) is 4.95. The fourth-order valence-corrected chi connectivity index (χ4v) is 5.05. The molecule has 0 spiro atoms. The normalized spacial score (nSPS) is 12.3. The van der Waals surface area contributed by atoms with Crippen molar-refractivity contribution >= 4 is 30.6 Å². The number of rotatable bonds is 5. The highest BCUT2D eigenvalue weighted by Crippen LogP contribution is 2.26. The van der Waals surface area contributed by atoms with Gasteiger partial charge in [0.2, 0.25) is 9.84 Å². The SMILES string of the molecule is Cn1cnc(S(=O)(=O)Cc2ccc3cc(-c4cccc(S(C)(=O)=O)c4)ccc3n2)c1. The van der Waals surface area contributed by atoms with Crippen molar-refractivity contribution in [3.05, 3.63) is 72.8 Å². The summed E-state index contributed by atoms with van der Waals surface area (Å²) in [5.74, 6) is -0.238. The molecule has 154 valence electrons. The van der Waals surface area contributed by atoms with E-state index in [1.807, 2.05) is 24.3 Å². The highest BCUT2D eigenvalue weighted by atomic mass is 32.2. The minimum absolute atomic E-state index is 0.0213. The first-order chi connectivity index (χ1) is 14.1. The van der Waals surface area contributed by atoms with Crippen LogP contribution in [0, 0.1) is 0 Å². The van der Waals surface area contributed by atoms with E-state index >= 15 is 0 Å². The second kappa shape index (κ2) is 7.33. The number of benzene rings is 2. The quantitative estimate of drug-likeness (QED) is 0.472. The van der Waals surface area contributed by atoms with Gasteiger partial charge < -0.3 is 4.57 Å². The van der Waals surface area contributed by atoms with E-state index < -0.39 is 19.7 Å². The van der Waals surface area contributed by atoms with Crippen LogP contribution in [0.15, 0.2) is 77.0 Å². The number of hydrogen-bond donors (Lipinski definition) is 0. The van der Waals surface area contributed by atoms with E-state index in [4.69, 9.17) is 0 Å². The third-order valence-corrected chi connectivity index (χ3v) is 7.31. The number of aryl methyl sites for hydroxylation is 1. The molecule has 7 nitrogen and oxygen atoms in total. The van der Waals surface area contributed by atoms with Crippen molar-refractivity contribution in [2.24, 2.45) is 7.05 Å². The van der Waals surface area contributed by atoms with Crippen LogP contribution < -0.4 is 0 Å². The van der Waals surface area contributed by atoms with Gasteiger partial charge in [-0.25, -0.2) is 21.8 Å². The van der Waals surface area contributed by atoms with Crippen LogP contribution in [0.2, 0.25) is 0 Å². The zero-order chi connectivity index (χ0) is 21.5. The Morgan fingerprint density at radius 2 is 1.70 bits per heavy atom. The number of pyridine rings is 1. The van der Waals surface area contributed by atoms with Gasteiger partial charge in [-0.15, -0.1) is 0 Å². The molecule has 2 aromatic heterocycles. The summed E-state index contributed by atoms with van der Waals surface area (Å²) in [6.45, 7) is 0. The first kappa shape index (κ1) is 20.2. The summed E-state index contributed by atoms with van der Waals surface area (Å²) in [6.07, 6.45) is 4.09. The van der Waals surface area contributed by atoms with Gasteiger partial charge in [0.05, 0.1) is 28.2 Å². The molecule has 0 radical (unpaired) electrons. The van der Waals surface area contributed by atoms with Crippen molar-refractivity contribution < 1.29 is 16.8 Å². The first-order valence-corrected chi connectivity index (χ1v) is 12.6. The first-order valence-electron chi connectivity index (χ1n) is 9.03. The van der Waals surface area contributed by atoms with Crippen LogP contribution in [-0.2, 0) is 32.5 Å². The Balaban J connectivity index is 1.66. The smallest absolute Gasteiger partial charge is 0.202 e. The zero-order valence-corrected chi connectivity index (χ0v) is 18.0. The van der Waals surface area contributed by atoms with Crippen molar-refractivity contribution in [3.63, 3.8) is 0 Å². The number of imidazole rings is 1. The Bertz CT molecular complexity index is 1470. The molecule has 0 amide bonds. The lowest BCUT2D eigenvalue weighted by Gasteiger charge is -2.07. The second-order valence-corrected chi connectivity index (χ2v) is 11.1. The maximum atomic E-state index is 12.5. The van der Waals surface area contributed by atoms with E-state index in [-0.39, 0.29) is 15.7 Å². The average molecular weight is 442 g/mol. The molecular formula is C21H19N3O4S2. The predicted octanol–water partition coefficient (Wildman–Crippen LogP) is 3.01. The van der Waals surface area contributed by atoms with Crippen molar-refractivity contribution in [3.8, 4) is 11.1 Å². The molecule has 0 saturated heterocycles. The number of aromatic nitrogens is 3. The summed E-state index contributed by atoms with van der Waals surface area (Å²) >= 11 is 0. The maximum Gasteiger partial charge on any atom is 0.202 e. The van der Waals surface area contributed by atoms with Gasteiger partial charge in [-0.05, 0) is 41.5 Å². The van der Waals surface area contributed by atoms with E-state index in [1.54, 1.807) is 41.9 Å². The zero-order valence-electron chi connectivity index (χ0n) is 16.3. The fraction of sp³-hybridized carbons (Fsp3) is 0.143. The lowest BCUT2D eigenvalue weighted by atomic mass is 10.0. The van der Waals surface area contributed by atoms with E-state index in [2.05, 4.69) is 9.97 Å². The molecule has 2 heterocycles. The molecule has 30 heavy (non-hydrogen) atoms. The Hall–Kier alpha value is -3.04. The van der Waals surface area contributed by atoms with Gasteiger partial charge in [-0.1, -0.05) is 24.3 Å². The van der Waals surface area contributed by atoms with Gasteiger partial charge >= 0.3 is 0 Å². The highest BCUT2D eigenvalue weighted by molar-refractivity contribution is 7.91. The number of sulfone groups is 2. The molecule has 0 fully saturated rings. The molecular weight excluding hydrogens is 422 g/mol. The lowest BCUT2D eigenvalue weighted by molar-refractivity contribution is 0.591. The third kappa shape index (κ3) is 4.12. The predicted molar refractivity (Wildman–Crippen MR) is 114 cm³/mol. The number of fused-ring (bicyclic) bond motifs is 1. The van der Waals surface area contributed by atoms with Gasteiger partial charge in [0.1, 0.15) is 0 Å². The molecule has 0 aliphatic heterocycles. The molecule has 0 aliphatic rings. The summed E-state index contributed by atoms with van der Waals surface area (Å²) in [6, 6.07) is 15.8. The van der Waals surface area contributed by atoms with Crippen molar-refractivity contribution in [1.29, 1.82) is 0 Å². The highest BCUT2D eigenvalue weighted by Gasteiger charge is 2.19. The number of nitrogens with zero attached hydrogens (tertiary/aromatic N) is 3. The van der Waals surface area contributed by atoms with Crippen molar-refractivity contribution in [1.82, 2.24) is 14.5 Å². The third-order valence-electron chi connectivity index (χ3n) is 4.68. The van der Waals surface area contributed by atoms with Gasteiger partial charge in [0, 0.05) is 24.9 Å². The molecule has 0 atom stereocenters. The topological polar surface area (TPSA) is 99.0 Å². The van der Waals surface area contributed by atoms with E-state index in [9.17, 15) is 16.8 Å². The molecule has 0 N–H and O–H groups in total. The minimum atomic E-state index is -3.58. The summed E-state index contributed by atoms with van der Waals surface area (Å²) in [4.78, 5) is 8.65. The number of hydrogen-bond acceptors (Lipinski definition) is 6. The molecule has 4 rings (SSSR count). The van der Waals surface area contributed by atoms with Gasteiger partial charge in [-0.2, -0.15) is 0 Å². The van der Waals surface area contributed by atoms with Crippen molar-refractivity contribution in [2.75, 3.05) is 6.26 Å². The summed E-state index contributed by atoms with van der Waals surface area (Å²) < 4.78 is 50.3. The minimum Gasteiger partial charge on any atom is -0.339 e. The standard InChI is InChI=1S/C21H19N3O4S2/c1-24-12-21(22-14-24)30(27,28)13-18-8-6-17-10-16(7-9-20(17)23-18)15-4-3-5-19(11-15)29(2,25)26/h3-12,14H,13H2,1-2H3. The molecule has 4 aromatic rings. The van der Waals surface area contributed by atoms with E-state index in [1.165, 1.54) is 18.8 Å². The largest absolute Gasteiger partial charge is 0.339 e. The lowest BCUT2D eigenvalue weighted by Crippen LogP contribution is -2.07. The van der Waals surface area contributed by atoms with Crippen LogP contribution in [-0.4, -0.2) is 37.6 Å². The average Bonchev–Trinajstić information content (AvgIpc) is 3.14. The summed E-state index contributed by atoms with van der Waals surface area (Å²) in [7, 11) is -5.17. The van der Waals surface area contributed by atoms with E-state index in [0.29, 0.717) is 11.2 Å². The molecule has 0 unspecified atom stereocenters. The fourth-order valence-electron chi connectivity index (χ4n) is 3.15.